The maximum absolute atomic E-state index is 12.6. The quantitative estimate of drug-likeness (QED) is 0.873. The van der Waals surface area contributed by atoms with Gasteiger partial charge in [-0.15, -0.1) is 0 Å². The molecule has 0 radical (unpaired) electrons. The largest absolute Gasteiger partial charge is 0.487 e. The molecule has 1 atom stereocenters. The number of nitrogens with zero attached hydrogens (tertiary/aromatic N) is 1. The van der Waals surface area contributed by atoms with Gasteiger partial charge >= 0.3 is 12.0 Å². The van der Waals surface area contributed by atoms with E-state index in [1.807, 2.05) is 38.1 Å². The number of para-hydroxylation sites is 1. The molecule has 2 amide bonds. The molecule has 1 saturated heterocycles. The van der Waals surface area contributed by atoms with Gasteiger partial charge in [0.15, 0.2) is 0 Å². The molecule has 2 N–H and O–H groups in total. The Kier molecular flexibility index (Phi) is 4.39. The number of fused-ring (bicyclic) bond motifs is 1. The Morgan fingerprint density at radius 2 is 1.92 bits per heavy atom. The van der Waals surface area contributed by atoms with Crippen molar-refractivity contribution in [1.29, 1.82) is 0 Å². The van der Waals surface area contributed by atoms with Crippen LogP contribution in [0.2, 0.25) is 0 Å². The monoisotopic (exact) mass is 332 g/mol. The maximum Gasteiger partial charge on any atom is 0.317 e. The Hall–Kier alpha value is -2.24. The standard InChI is InChI=1S/C18H24N2O4/c1-18(2)11-14(13-5-3-4-6-15(13)24-18)19-17(23)20-9-7-12(8-10-20)16(21)22/h3-6,12,14H,7-11H2,1-2H3,(H,19,23)(H,21,22). The summed E-state index contributed by atoms with van der Waals surface area (Å²) in [5.74, 6) is -0.296. The van der Waals surface area contributed by atoms with E-state index in [1.54, 1.807) is 4.90 Å². The van der Waals surface area contributed by atoms with Crippen LogP contribution in [0.1, 0.15) is 44.7 Å². The summed E-state index contributed by atoms with van der Waals surface area (Å²) >= 11 is 0. The molecule has 2 aliphatic rings. The van der Waals surface area contributed by atoms with Crippen LogP contribution < -0.4 is 10.1 Å². The Morgan fingerprint density at radius 3 is 2.58 bits per heavy atom. The first-order chi connectivity index (χ1) is 11.4. The lowest BCUT2D eigenvalue weighted by atomic mass is 9.90. The van der Waals surface area contributed by atoms with E-state index in [9.17, 15) is 9.59 Å². The minimum atomic E-state index is -0.768. The van der Waals surface area contributed by atoms with Crippen LogP contribution >= 0.6 is 0 Å². The minimum absolute atomic E-state index is 0.102. The van der Waals surface area contributed by atoms with E-state index in [0.29, 0.717) is 32.4 Å². The highest BCUT2D eigenvalue weighted by molar-refractivity contribution is 5.76. The van der Waals surface area contributed by atoms with Crippen molar-refractivity contribution in [2.24, 2.45) is 5.92 Å². The average Bonchev–Trinajstić information content (AvgIpc) is 2.53. The van der Waals surface area contributed by atoms with Gasteiger partial charge in [-0.1, -0.05) is 18.2 Å². The van der Waals surface area contributed by atoms with E-state index in [4.69, 9.17) is 9.84 Å². The number of amides is 2. The van der Waals surface area contributed by atoms with Gasteiger partial charge in [-0.2, -0.15) is 0 Å². The van der Waals surface area contributed by atoms with Gasteiger partial charge in [0, 0.05) is 25.1 Å². The van der Waals surface area contributed by atoms with Crippen LogP contribution in [0.15, 0.2) is 24.3 Å². The summed E-state index contributed by atoms with van der Waals surface area (Å²) in [6.07, 6.45) is 1.72. The molecule has 24 heavy (non-hydrogen) atoms. The summed E-state index contributed by atoms with van der Waals surface area (Å²) in [6, 6.07) is 7.54. The third-order valence-electron chi connectivity index (χ3n) is 4.81. The van der Waals surface area contributed by atoms with Gasteiger partial charge in [0.2, 0.25) is 0 Å². The van der Waals surface area contributed by atoms with Gasteiger partial charge in [0.05, 0.1) is 12.0 Å². The Balaban J connectivity index is 1.67. The summed E-state index contributed by atoms with van der Waals surface area (Å²) < 4.78 is 5.99. The summed E-state index contributed by atoms with van der Waals surface area (Å²) in [5, 5.41) is 12.2. The number of carboxylic acid groups (broad SMARTS) is 1. The minimum Gasteiger partial charge on any atom is -0.487 e. The van der Waals surface area contributed by atoms with E-state index in [1.165, 1.54) is 0 Å². The van der Waals surface area contributed by atoms with Crippen molar-refractivity contribution in [2.45, 2.75) is 44.8 Å². The fourth-order valence-electron chi connectivity index (χ4n) is 3.50. The molecule has 1 fully saturated rings. The van der Waals surface area contributed by atoms with Crippen molar-refractivity contribution < 1.29 is 19.4 Å². The van der Waals surface area contributed by atoms with Crippen LogP contribution in [0.3, 0.4) is 0 Å². The molecule has 0 bridgehead atoms. The normalized spacial score (nSPS) is 23.1. The third kappa shape index (κ3) is 3.47. The molecule has 0 aromatic heterocycles. The second-order valence-corrected chi connectivity index (χ2v) is 7.21. The number of hydrogen-bond acceptors (Lipinski definition) is 3. The molecule has 0 spiro atoms. The molecule has 2 heterocycles. The predicted octanol–water partition coefficient (Wildman–Crippen LogP) is 2.80. The first-order valence-corrected chi connectivity index (χ1v) is 8.42. The number of carboxylic acids is 1. The molecule has 1 unspecified atom stereocenters. The molecule has 2 aliphatic heterocycles. The molecular formula is C18H24N2O4. The number of piperidine rings is 1. The highest BCUT2D eigenvalue weighted by atomic mass is 16.5. The first kappa shape index (κ1) is 16.6. The van der Waals surface area contributed by atoms with E-state index in [2.05, 4.69) is 5.32 Å². The van der Waals surface area contributed by atoms with Crippen molar-refractivity contribution in [2.75, 3.05) is 13.1 Å². The Morgan fingerprint density at radius 1 is 1.25 bits per heavy atom. The van der Waals surface area contributed by atoms with Gasteiger partial charge in [-0.25, -0.2) is 4.79 Å². The van der Waals surface area contributed by atoms with Crippen LogP contribution in [-0.4, -0.2) is 40.7 Å². The number of rotatable bonds is 2. The van der Waals surface area contributed by atoms with Gasteiger partial charge in [0.1, 0.15) is 11.4 Å². The summed E-state index contributed by atoms with van der Waals surface area (Å²) in [4.78, 5) is 25.3. The summed E-state index contributed by atoms with van der Waals surface area (Å²) in [7, 11) is 0. The zero-order valence-electron chi connectivity index (χ0n) is 14.1. The topological polar surface area (TPSA) is 78.9 Å². The number of carbonyl (C=O) groups is 2. The van der Waals surface area contributed by atoms with Gasteiger partial charge in [-0.3, -0.25) is 4.79 Å². The Bertz CT molecular complexity index is 636. The average molecular weight is 332 g/mol. The number of aliphatic carboxylic acids is 1. The number of benzene rings is 1. The van der Waals surface area contributed by atoms with Crippen LogP contribution in [-0.2, 0) is 4.79 Å². The molecule has 6 heteroatoms. The number of nitrogens with one attached hydrogen (secondary N) is 1. The third-order valence-corrected chi connectivity index (χ3v) is 4.81. The number of carbonyl (C=O) groups excluding carboxylic acids is 1. The highest BCUT2D eigenvalue weighted by Gasteiger charge is 2.35. The van der Waals surface area contributed by atoms with Crippen molar-refractivity contribution in [3.05, 3.63) is 29.8 Å². The molecule has 1 aromatic carbocycles. The van der Waals surface area contributed by atoms with Gasteiger partial charge < -0.3 is 20.1 Å². The maximum atomic E-state index is 12.6. The molecular weight excluding hydrogens is 308 g/mol. The number of likely N-dealkylation sites (tertiary alicyclic amines) is 1. The van der Waals surface area contributed by atoms with Crippen LogP contribution in [0.5, 0.6) is 5.75 Å². The lowest BCUT2D eigenvalue weighted by Gasteiger charge is -2.39. The fourth-order valence-corrected chi connectivity index (χ4v) is 3.50. The number of urea groups is 1. The number of hydrogen-bond donors (Lipinski definition) is 2. The highest BCUT2D eigenvalue weighted by Crippen LogP contribution is 2.39. The summed E-state index contributed by atoms with van der Waals surface area (Å²) in [5.41, 5.74) is 0.647. The smallest absolute Gasteiger partial charge is 0.317 e. The van der Waals surface area contributed by atoms with Crippen molar-refractivity contribution in [1.82, 2.24) is 10.2 Å². The fraction of sp³-hybridized carbons (Fsp3) is 0.556. The first-order valence-electron chi connectivity index (χ1n) is 8.42. The van der Waals surface area contributed by atoms with Crippen molar-refractivity contribution >= 4 is 12.0 Å². The van der Waals surface area contributed by atoms with Gasteiger partial charge in [-0.05, 0) is 32.8 Å². The van der Waals surface area contributed by atoms with Crippen LogP contribution in [0.4, 0.5) is 4.79 Å². The molecule has 130 valence electrons. The van der Waals surface area contributed by atoms with E-state index in [0.717, 1.165) is 11.3 Å². The van der Waals surface area contributed by atoms with E-state index >= 15 is 0 Å². The lowest BCUT2D eigenvalue weighted by Crippen LogP contribution is -2.48. The van der Waals surface area contributed by atoms with Crippen molar-refractivity contribution in [3.8, 4) is 5.75 Å². The molecule has 0 saturated carbocycles. The predicted molar refractivity (Wildman–Crippen MR) is 89.0 cm³/mol. The molecule has 3 rings (SSSR count). The van der Waals surface area contributed by atoms with E-state index < -0.39 is 5.97 Å². The lowest BCUT2D eigenvalue weighted by molar-refractivity contribution is -0.143. The van der Waals surface area contributed by atoms with E-state index in [-0.39, 0.29) is 23.6 Å². The zero-order chi connectivity index (χ0) is 17.3. The molecule has 1 aromatic rings. The molecule has 6 nitrogen and oxygen atoms in total. The zero-order valence-corrected chi connectivity index (χ0v) is 14.1. The second-order valence-electron chi connectivity index (χ2n) is 7.21. The second kappa shape index (κ2) is 6.34. The molecule has 0 aliphatic carbocycles. The van der Waals surface area contributed by atoms with Crippen molar-refractivity contribution in [3.63, 3.8) is 0 Å². The SMILES string of the molecule is CC1(C)CC(NC(=O)N2CCC(C(=O)O)CC2)c2ccccc2O1. The Labute approximate surface area is 141 Å². The summed E-state index contributed by atoms with van der Waals surface area (Å²) in [6.45, 7) is 5.00. The number of ether oxygens (including phenoxy) is 1. The van der Waals surface area contributed by atoms with Crippen LogP contribution in [0, 0.1) is 5.92 Å². The van der Waals surface area contributed by atoms with Gasteiger partial charge in [0.25, 0.3) is 0 Å². The van der Waals surface area contributed by atoms with Crippen LogP contribution in [0.25, 0.3) is 0 Å².